The lowest BCUT2D eigenvalue weighted by atomic mass is 9.84. The number of ether oxygens (including phenoxy) is 1. The van der Waals surface area contributed by atoms with Crippen molar-refractivity contribution in [3.05, 3.63) is 82.9 Å². The van der Waals surface area contributed by atoms with Gasteiger partial charge < -0.3 is 4.74 Å². The first kappa shape index (κ1) is 26.5. The van der Waals surface area contributed by atoms with Crippen LogP contribution in [0.2, 0.25) is 0 Å². The summed E-state index contributed by atoms with van der Waals surface area (Å²) in [5.41, 5.74) is 6.45. The van der Waals surface area contributed by atoms with Gasteiger partial charge in [-0.05, 0) is 76.7 Å². The number of rotatable bonds is 12. The highest BCUT2D eigenvalue weighted by atomic mass is 16.5. The number of benzene rings is 1. The van der Waals surface area contributed by atoms with Gasteiger partial charge in [-0.2, -0.15) is 5.10 Å². The smallest absolute Gasteiger partial charge is 0.0641 e. The van der Waals surface area contributed by atoms with Crippen LogP contribution < -0.4 is 0 Å². The molecule has 0 amide bonds. The topological polar surface area (TPSA) is 46.4 Å². The molecule has 6 nitrogen and oxygen atoms in total. The molecular formula is C30H43N5O. The summed E-state index contributed by atoms with van der Waals surface area (Å²) in [5, 5.41) is 4.74. The Kier molecular flexibility index (Phi) is 9.67. The molecule has 0 spiro atoms. The second kappa shape index (κ2) is 13.1. The molecule has 0 unspecified atom stereocenters. The maximum Gasteiger partial charge on any atom is 0.0641 e. The van der Waals surface area contributed by atoms with Gasteiger partial charge in [0.2, 0.25) is 0 Å². The molecule has 0 aliphatic carbocycles. The number of nitrogens with zero attached hydrogens (tertiary/aromatic N) is 5. The van der Waals surface area contributed by atoms with Crippen LogP contribution in [0, 0.1) is 19.8 Å². The van der Waals surface area contributed by atoms with Crippen LogP contribution in [-0.2, 0) is 30.8 Å². The van der Waals surface area contributed by atoms with Gasteiger partial charge in [-0.3, -0.25) is 19.5 Å². The lowest BCUT2D eigenvalue weighted by Crippen LogP contribution is -2.47. The van der Waals surface area contributed by atoms with Crippen molar-refractivity contribution >= 4 is 0 Å². The Morgan fingerprint density at radius 2 is 1.81 bits per heavy atom. The van der Waals surface area contributed by atoms with Crippen LogP contribution in [0.1, 0.15) is 48.0 Å². The van der Waals surface area contributed by atoms with E-state index in [2.05, 4.69) is 82.7 Å². The number of hydrogen-bond donors (Lipinski definition) is 0. The number of piperidine rings is 1. The van der Waals surface area contributed by atoms with Gasteiger partial charge in [0.25, 0.3) is 0 Å². The Morgan fingerprint density at radius 1 is 1.06 bits per heavy atom. The summed E-state index contributed by atoms with van der Waals surface area (Å²) >= 11 is 0. The minimum absolute atomic E-state index is 0.456. The minimum atomic E-state index is 0.456. The fourth-order valence-electron chi connectivity index (χ4n) is 5.71. The Labute approximate surface area is 217 Å². The first-order chi connectivity index (χ1) is 17.6. The van der Waals surface area contributed by atoms with Crippen molar-refractivity contribution in [2.24, 2.45) is 5.92 Å². The number of aryl methyl sites for hydroxylation is 2. The van der Waals surface area contributed by atoms with Gasteiger partial charge in [0, 0.05) is 56.8 Å². The van der Waals surface area contributed by atoms with Crippen LogP contribution in [0.3, 0.4) is 0 Å². The van der Waals surface area contributed by atoms with Crippen molar-refractivity contribution in [1.29, 1.82) is 0 Å². The van der Waals surface area contributed by atoms with Crippen LogP contribution in [0.15, 0.2) is 54.7 Å². The van der Waals surface area contributed by atoms with E-state index in [9.17, 15) is 0 Å². The van der Waals surface area contributed by atoms with E-state index in [-0.39, 0.29) is 0 Å². The Morgan fingerprint density at radius 3 is 2.44 bits per heavy atom. The Hall–Kier alpha value is -2.54. The SMILES string of the molecule is CCn1nc(C)c(CN2CCC([C@H](Cc3ccccc3)N(CCOC)Cc3ccccn3)CC2)c1C. The van der Waals surface area contributed by atoms with E-state index >= 15 is 0 Å². The molecule has 36 heavy (non-hydrogen) atoms. The molecule has 0 bridgehead atoms. The largest absolute Gasteiger partial charge is 0.383 e. The average Bonchev–Trinajstić information content (AvgIpc) is 3.19. The Bertz CT molecular complexity index is 1040. The number of hydrogen-bond acceptors (Lipinski definition) is 5. The first-order valence-electron chi connectivity index (χ1n) is 13.5. The fraction of sp³-hybridized carbons (Fsp3) is 0.533. The summed E-state index contributed by atoms with van der Waals surface area (Å²) < 4.78 is 7.67. The van der Waals surface area contributed by atoms with E-state index in [4.69, 9.17) is 9.84 Å². The summed E-state index contributed by atoms with van der Waals surface area (Å²) in [6.07, 6.45) is 5.38. The van der Waals surface area contributed by atoms with Crippen LogP contribution in [0.5, 0.6) is 0 Å². The predicted molar refractivity (Wildman–Crippen MR) is 146 cm³/mol. The van der Waals surface area contributed by atoms with Crippen molar-refractivity contribution in [3.63, 3.8) is 0 Å². The molecule has 6 heteroatoms. The molecule has 1 atom stereocenters. The van der Waals surface area contributed by atoms with Crippen LogP contribution in [0.25, 0.3) is 0 Å². The van der Waals surface area contributed by atoms with E-state index in [1.807, 2.05) is 12.3 Å². The lowest BCUT2D eigenvalue weighted by Gasteiger charge is -2.41. The number of aromatic nitrogens is 3. The van der Waals surface area contributed by atoms with Crippen LogP contribution >= 0.6 is 0 Å². The molecule has 3 heterocycles. The van der Waals surface area contributed by atoms with Crippen molar-refractivity contribution in [3.8, 4) is 0 Å². The van der Waals surface area contributed by atoms with Gasteiger partial charge >= 0.3 is 0 Å². The maximum atomic E-state index is 5.54. The lowest BCUT2D eigenvalue weighted by molar-refractivity contribution is 0.0563. The second-order valence-corrected chi connectivity index (χ2v) is 10.1. The van der Waals surface area contributed by atoms with Gasteiger partial charge in [-0.1, -0.05) is 36.4 Å². The molecule has 0 radical (unpaired) electrons. The summed E-state index contributed by atoms with van der Waals surface area (Å²) in [4.78, 5) is 9.90. The fourth-order valence-corrected chi connectivity index (χ4v) is 5.71. The van der Waals surface area contributed by atoms with Gasteiger partial charge in [-0.25, -0.2) is 0 Å². The molecule has 1 aliphatic heterocycles. The third-order valence-electron chi connectivity index (χ3n) is 7.82. The molecule has 1 aromatic carbocycles. The molecule has 0 N–H and O–H groups in total. The summed E-state index contributed by atoms with van der Waals surface area (Å²) in [6, 6.07) is 17.7. The minimum Gasteiger partial charge on any atom is -0.383 e. The molecule has 1 saturated heterocycles. The monoisotopic (exact) mass is 489 g/mol. The average molecular weight is 490 g/mol. The van der Waals surface area contributed by atoms with E-state index in [1.165, 1.54) is 35.4 Å². The summed E-state index contributed by atoms with van der Waals surface area (Å²) in [5.74, 6) is 0.641. The third kappa shape index (κ3) is 6.81. The molecule has 1 fully saturated rings. The van der Waals surface area contributed by atoms with Crippen LogP contribution in [0.4, 0.5) is 0 Å². The van der Waals surface area contributed by atoms with Gasteiger partial charge in [0.15, 0.2) is 0 Å². The summed E-state index contributed by atoms with van der Waals surface area (Å²) in [7, 11) is 1.80. The van der Waals surface area contributed by atoms with Crippen molar-refractivity contribution in [2.75, 3.05) is 33.4 Å². The molecule has 1 aliphatic rings. The normalized spacial score (nSPS) is 16.0. The Balaban J connectivity index is 1.49. The summed E-state index contributed by atoms with van der Waals surface area (Å²) in [6.45, 7) is 13.3. The highest BCUT2D eigenvalue weighted by Crippen LogP contribution is 2.29. The van der Waals surface area contributed by atoms with Gasteiger partial charge in [0.05, 0.1) is 18.0 Å². The zero-order valence-electron chi connectivity index (χ0n) is 22.6. The quantitative estimate of drug-likeness (QED) is 0.363. The van der Waals surface area contributed by atoms with E-state index in [0.29, 0.717) is 12.0 Å². The highest BCUT2D eigenvalue weighted by molar-refractivity contribution is 5.24. The van der Waals surface area contributed by atoms with Crippen molar-refractivity contribution < 1.29 is 4.74 Å². The van der Waals surface area contributed by atoms with E-state index < -0.39 is 0 Å². The molecular weight excluding hydrogens is 446 g/mol. The molecule has 0 saturated carbocycles. The van der Waals surface area contributed by atoms with Gasteiger partial charge in [0.1, 0.15) is 0 Å². The van der Waals surface area contributed by atoms with Crippen molar-refractivity contribution in [2.45, 2.75) is 65.7 Å². The molecule has 4 rings (SSSR count). The number of pyridine rings is 1. The molecule has 194 valence electrons. The predicted octanol–water partition coefficient (Wildman–Crippen LogP) is 4.89. The third-order valence-corrected chi connectivity index (χ3v) is 7.82. The van der Waals surface area contributed by atoms with Crippen LogP contribution in [-0.4, -0.2) is 64.0 Å². The van der Waals surface area contributed by atoms with Crippen molar-refractivity contribution in [1.82, 2.24) is 24.6 Å². The number of methoxy groups -OCH3 is 1. The second-order valence-electron chi connectivity index (χ2n) is 10.1. The zero-order chi connectivity index (χ0) is 25.3. The standard InChI is InChI=1S/C30H43N5O/c1-5-35-25(3)29(24(2)32-35)23-33-17-14-27(15-18-33)30(21-26-11-7-6-8-12-26)34(19-20-36-4)22-28-13-9-10-16-31-28/h6-13,16,27,30H,5,14-15,17-23H2,1-4H3/t30-/m0/s1. The molecule has 3 aromatic rings. The van der Waals surface area contributed by atoms with E-state index in [0.717, 1.165) is 58.0 Å². The maximum absolute atomic E-state index is 5.54. The first-order valence-corrected chi connectivity index (χ1v) is 13.5. The highest BCUT2D eigenvalue weighted by Gasteiger charge is 2.31. The van der Waals surface area contributed by atoms with Gasteiger partial charge in [-0.15, -0.1) is 0 Å². The number of likely N-dealkylation sites (tertiary alicyclic amines) is 1. The molecule has 2 aromatic heterocycles. The zero-order valence-corrected chi connectivity index (χ0v) is 22.6. The van der Waals surface area contributed by atoms with E-state index in [1.54, 1.807) is 7.11 Å².